The van der Waals surface area contributed by atoms with E-state index in [4.69, 9.17) is 0 Å². The Kier molecular flexibility index (Phi) is 6.88. The lowest BCUT2D eigenvalue weighted by Gasteiger charge is -2.09. The van der Waals surface area contributed by atoms with Gasteiger partial charge in [-0.25, -0.2) is 0 Å². The topological polar surface area (TPSA) is 14.8 Å². The number of benzene rings is 7. The summed E-state index contributed by atoms with van der Waals surface area (Å²) in [6.45, 7) is 2.15. The molecule has 0 amide bonds. The number of hydrogen-bond acceptors (Lipinski definition) is 2. The number of aromatic nitrogens is 3. The van der Waals surface area contributed by atoms with E-state index in [1.165, 1.54) is 102 Å². The number of rotatable bonds is 5. The maximum atomic E-state index is 2.46. The van der Waals surface area contributed by atoms with Gasteiger partial charge in [0.15, 0.2) is 0 Å². The second kappa shape index (κ2) is 12.2. The molecule has 12 rings (SSSR count). The molecule has 3 nitrogen and oxygen atoms in total. The Labute approximate surface area is 331 Å². The van der Waals surface area contributed by atoms with Crippen molar-refractivity contribution >= 4 is 86.7 Å². The van der Waals surface area contributed by atoms with E-state index in [9.17, 15) is 0 Å². The zero-order valence-corrected chi connectivity index (χ0v) is 32.1. The second-order valence-electron chi connectivity index (χ2n) is 14.7. The van der Waals surface area contributed by atoms with E-state index < -0.39 is 0 Å². The molecule has 0 saturated carbocycles. The molecule has 0 unspecified atom stereocenters. The number of aryl methyl sites for hydroxylation is 1. The minimum atomic E-state index is 1.16. The molecule has 0 radical (unpaired) electrons. The average Bonchev–Trinajstić information content (AvgIpc) is 4.06. The Morgan fingerprint density at radius 1 is 0.321 bits per heavy atom. The molecule has 56 heavy (non-hydrogen) atoms. The molecule has 5 aromatic heterocycles. The van der Waals surface area contributed by atoms with Gasteiger partial charge in [0, 0.05) is 48.4 Å². The second-order valence-corrected chi connectivity index (χ2v) is 16.8. The van der Waals surface area contributed by atoms with Crippen LogP contribution in [0.2, 0.25) is 0 Å². The van der Waals surface area contributed by atoms with Crippen molar-refractivity contribution in [2.45, 2.75) is 6.92 Å². The number of fused-ring (bicyclic) bond motifs is 9. The van der Waals surface area contributed by atoms with Crippen molar-refractivity contribution in [1.29, 1.82) is 0 Å². The minimum Gasteiger partial charge on any atom is -0.309 e. The van der Waals surface area contributed by atoms with Gasteiger partial charge in [-0.3, -0.25) is 0 Å². The first-order valence-electron chi connectivity index (χ1n) is 19.0. The van der Waals surface area contributed by atoms with Crippen molar-refractivity contribution in [2.24, 2.45) is 0 Å². The summed E-state index contributed by atoms with van der Waals surface area (Å²) in [6, 6.07) is 66.8. The van der Waals surface area contributed by atoms with Crippen molar-refractivity contribution in [1.82, 2.24) is 13.7 Å². The highest BCUT2D eigenvalue weighted by molar-refractivity contribution is 7.30. The third-order valence-corrected chi connectivity index (χ3v) is 13.8. The van der Waals surface area contributed by atoms with Crippen LogP contribution in [0.3, 0.4) is 0 Å². The zero-order valence-electron chi connectivity index (χ0n) is 30.5. The van der Waals surface area contributed by atoms with Crippen LogP contribution in [0.5, 0.6) is 0 Å². The summed E-state index contributed by atoms with van der Waals surface area (Å²) in [6.07, 6.45) is 0. The van der Waals surface area contributed by atoms with Gasteiger partial charge in [-0.05, 0) is 96.9 Å². The van der Waals surface area contributed by atoms with Crippen molar-refractivity contribution in [3.63, 3.8) is 0 Å². The van der Waals surface area contributed by atoms with E-state index >= 15 is 0 Å². The number of para-hydroxylation sites is 4. The SMILES string of the molecule is Cc1ccc(-c2cc3c(s2)c2sc(-c4ccc5c(c4)c4cc6c(cc4n5-c4ccccc4)c4ccccc4n6-c4ccccc4)cc2n3-c2ccccc2)cc1. The highest BCUT2D eigenvalue weighted by Gasteiger charge is 2.22. The van der Waals surface area contributed by atoms with E-state index in [0.717, 1.165) is 5.69 Å². The summed E-state index contributed by atoms with van der Waals surface area (Å²) in [7, 11) is 0. The highest BCUT2D eigenvalue weighted by Crippen LogP contribution is 2.48. The van der Waals surface area contributed by atoms with E-state index in [1.54, 1.807) is 0 Å². The third kappa shape index (κ3) is 4.68. The van der Waals surface area contributed by atoms with Crippen LogP contribution >= 0.6 is 22.7 Å². The summed E-state index contributed by atoms with van der Waals surface area (Å²) in [5.41, 5.74) is 14.7. The van der Waals surface area contributed by atoms with Gasteiger partial charge >= 0.3 is 0 Å². The molecular formula is C51H33N3S2. The van der Waals surface area contributed by atoms with E-state index in [0.29, 0.717) is 0 Å². The summed E-state index contributed by atoms with van der Waals surface area (Å²) < 4.78 is 10.00. The van der Waals surface area contributed by atoms with Crippen LogP contribution in [0.1, 0.15) is 5.56 Å². The average molecular weight is 752 g/mol. The van der Waals surface area contributed by atoms with Crippen LogP contribution in [0.15, 0.2) is 182 Å². The van der Waals surface area contributed by atoms with Crippen molar-refractivity contribution < 1.29 is 0 Å². The first kappa shape index (κ1) is 31.7. The lowest BCUT2D eigenvalue weighted by Crippen LogP contribution is -1.94. The quantitative estimate of drug-likeness (QED) is 0.166. The maximum absolute atomic E-state index is 2.46. The first-order chi connectivity index (χ1) is 27.7. The van der Waals surface area contributed by atoms with Gasteiger partial charge in [0.1, 0.15) is 0 Å². The molecular weight excluding hydrogens is 719 g/mol. The third-order valence-electron chi connectivity index (χ3n) is 11.3. The number of nitrogens with zero attached hydrogens (tertiary/aromatic N) is 3. The molecule has 0 fully saturated rings. The smallest absolute Gasteiger partial charge is 0.0711 e. The monoisotopic (exact) mass is 751 g/mol. The highest BCUT2D eigenvalue weighted by atomic mass is 32.1. The summed E-state index contributed by atoms with van der Waals surface area (Å²) in [5.74, 6) is 0. The van der Waals surface area contributed by atoms with E-state index in [1.807, 2.05) is 22.7 Å². The van der Waals surface area contributed by atoms with E-state index in [2.05, 4.69) is 203 Å². The first-order valence-corrected chi connectivity index (χ1v) is 20.6. The molecule has 0 bridgehead atoms. The molecule has 0 saturated heterocycles. The van der Waals surface area contributed by atoms with Crippen molar-refractivity contribution in [3.05, 3.63) is 188 Å². The largest absolute Gasteiger partial charge is 0.309 e. The van der Waals surface area contributed by atoms with Crippen LogP contribution in [-0.2, 0) is 0 Å². The normalized spacial score (nSPS) is 12.0. The molecule has 5 heterocycles. The molecule has 5 heteroatoms. The van der Waals surface area contributed by atoms with Crippen molar-refractivity contribution in [2.75, 3.05) is 0 Å². The maximum Gasteiger partial charge on any atom is 0.0711 e. The fourth-order valence-electron chi connectivity index (χ4n) is 8.75. The lowest BCUT2D eigenvalue weighted by atomic mass is 10.1. The zero-order chi connectivity index (χ0) is 36.9. The van der Waals surface area contributed by atoms with Crippen LogP contribution < -0.4 is 0 Å². The summed E-state index contributed by atoms with van der Waals surface area (Å²) in [4.78, 5) is 2.57. The molecule has 0 atom stereocenters. The predicted octanol–water partition coefficient (Wildman–Crippen LogP) is 14.7. The van der Waals surface area contributed by atoms with Crippen LogP contribution in [0.4, 0.5) is 0 Å². The predicted molar refractivity (Wildman–Crippen MR) is 241 cm³/mol. The molecule has 0 aliphatic rings. The van der Waals surface area contributed by atoms with Gasteiger partial charge in [-0.1, -0.05) is 109 Å². The Morgan fingerprint density at radius 3 is 1.32 bits per heavy atom. The number of hydrogen-bond donors (Lipinski definition) is 0. The molecule has 7 aromatic carbocycles. The van der Waals surface area contributed by atoms with Crippen LogP contribution in [0.25, 0.3) is 102 Å². The minimum absolute atomic E-state index is 1.16. The standard InChI is InChI=1S/C51H33N3S2/c1-32-21-23-33(24-22-32)48-30-46-50(55-48)51-47(54(46)37-17-9-4-10-18-37)31-49(56-51)34-25-26-43-39(27-34)41-29-44-40(28-45(41)53(43)36-15-7-3-8-16-36)38-19-11-12-20-42(38)52(44)35-13-5-2-6-14-35/h2-31H,1H3. The van der Waals surface area contributed by atoms with Gasteiger partial charge in [0.25, 0.3) is 0 Å². The molecule has 12 aromatic rings. The Hall–Kier alpha value is -6.66. The van der Waals surface area contributed by atoms with Crippen molar-refractivity contribution in [3.8, 4) is 37.9 Å². The Bertz CT molecular complexity index is 3450. The van der Waals surface area contributed by atoms with Gasteiger partial charge in [0.2, 0.25) is 0 Å². The number of thiophene rings is 2. The van der Waals surface area contributed by atoms with Gasteiger partial charge in [-0.2, -0.15) is 0 Å². The van der Waals surface area contributed by atoms with E-state index in [-0.39, 0.29) is 0 Å². The Balaban J connectivity index is 1.12. The molecule has 0 N–H and O–H groups in total. The summed E-state index contributed by atoms with van der Waals surface area (Å²) in [5, 5.41) is 5.01. The molecule has 0 aliphatic carbocycles. The summed E-state index contributed by atoms with van der Waals surface area (Å²) >= 11 is 3.81. The van der Waals surface area contributed by atoms with Crippen LogP contribution in [0, 0.1) is 6.92 Å². The van der Waals surface area contributed by atoms with Gasteiger partial charge in [-0.15, -0.1) is 22.7 Å². The van der Waals surface area contributed by atoms with Crippen LogP contribution in [-0.4, -0.2) is 13.7 Å². The lowest BCUT2D eigenvalue weighted by molar-refractivity contribution is 1.17. The molecule has 264 valence electrons. The van der Waals surface area contributed by atoms with Gasteiger partial charge < -0.3 is 13.7 Å². The molecule has 0 spiro atoms. The fraction of sp³-hybridized carbons (Fsp3) is 0.0196. The Morgan fingerprint density at radius 2 is 0.750 bits per heavy atom. The molecule has 0 aliphatic heterocycles. The van der Waals surface area contributed by atoms with Gasteiger partial charge in [0.05, 0.1) is 42.5 Å². The fourth-order valence-corrected chi connectivity index (χ4v) is 11.2.